The van der Waals surface area contributed by atoms with Crippen LogP contribution in [0.3, 0.4) is 0 Å². The second-order valence-electron chi connectivity index (χ2n) is 4.87. The van der Waals surface area contributed by atoms with Crippen LogP contribution < -0.4 is 22.3 Å². The van der Waals surface area contributed by atoms with Crippen LogP contribution >= 0.6 is 7.60 Å². The molecule has 22 heavy (non-hydrogen) atoms. The van der Waals surface area contributed by atoms with E-state index in [1.54, 1.807) is 4.57 Å². The van der Waals surface area contributed by atoms with E-state index in [1.165, 1.54) is 6.33 Å². The quantitative estimate of drug-likeness (QED) is 0.520. The number of aromatic nitrogens is 4. The topological polar surface area (TPSA) is 196 Å². The van der Waals surface area contributed by atoms with Gasteiger partial charge in [-0.2, -0.15) is 4.98 Å². The van der Waals surface area contributed by atoms with Crippen LogP contribution in [0.5, 0.6) is 0 Å². The van der Waals surface area contributed by atoms with E-state index in [9.17, 15) is 14.3 Å². The molecule has 1 fully saturated rings. The van der Waals surface area contributed by atoms with Crippen LogP contribution in [0.1, 0.15) is 12.8 Å². The van der Waals surface area contributed by atoms with Gasteiger partial charge < -0.3 is 35.5 Å². The highest BCUT2D eigenvalue weighted by molar-refractivity contribution is 7.50. The molecule has 0 spiro atoms. The van der Waals surface area contributed by atoms with Gasteiger partial charge in [0.15, 0.2) is 18.8 Å². The van der Waals surface area contributed by atoms with Crippen molar-refractivity contribution < 1.29 is 19.1 Å². The van der Waals surface area contributed by atoms with Crippen molar-refractivity contribution in [3.63, 3.8) is 0 Å². The van der Waals surface area contributed by atoms with E-state index in [4.69, 9.17) is 15.4 Å². The SMILES string of the molecule is Nc1nc2c(ncn2CC2CCC(P(=O)([O-])O)O2)c(=O)[nH]1.[NH4+]. The van der Waals surface area contributed by atoms with Gasteiger partial charge in [-0.1, -0.05) is 0 Å². The number of imidazole rings is 1. The summed E-state index contributed by atoms with van der Waals surface area (Å²) in [5.74, 6) is -1.21. The molecular weight excluding hydrogens is 315 g/mol. The fourth-order valence-corrected chi connectivity index (χ4v) is 3.19. The molecule has 3 heterocycles. The number of nitrogens with zero attached hydrogens (tertiary/aromatic N) is 3. The number of nitrogens with one attached hydrogen (secondary N) is 1. The van der Waals surface area contributed by atoms with E-state index in [0.29, 0.717) is 12.1 Å². The number of anilines is 1. The van der Waals surface area contributed by atoms with E-state index in [-0.39, 0.29) is 30.6 Å². The number of H-pyrrole nitrogens is 1. The zero-order chi connectivity index (χ0) is 15.2. The lowest BCUT2D eigenvalue weighted by Crippen LogP contribution is -2.21. The molecule has 0 bridgehead atoms. The first-order valence-corrected chi connectivity index (χ1v) is 7.89. The lowest BCUT2D eigenvalue weighted by molar-refractivity contribution is -0.204. The summed E-state index contributed by atoms with van der Waals surface area (Å²) >= 11 is 0. The number of rotatable bonds is 3. The van der Waals surface area contributed by atoms with Crippen molar-refractivity contribution >= 4 is 24.7 Å². The molecule has 0 radical (unpaired) electrons. The lowest BCUT2D eigenvalue weighted by Gasteiger charge is -2.23. The molecule has 0 saturated carbocycles. The normalized spacial score (nSPS) is 24.1. The number of ether oxygens (including phenoxy) is 1. The van der Waals surface area contributed by atoms with E-state index in [0.717, 1.165) is 0 Å². The van der Waals surface area contributed by atoms with Gasteiger partial charge in [0.1, 0.15) is 5.85 Å². The summed E-state index contributed by atoms with van der Waals surface area (Å²) in [7, 11) is -4.49. The van der Waals surface area contributed by atoms with Crippen molar-refractivity contribution in [1.29, 1.82) is 0 Å². The maximum Gasteiger partial charge on any atom is 0.280 e. The third kappa shape index (κ3) is 3.03. The minimum atomic E-state index is -4.49. The highest BCUT2D eigenvalue weighted by Gasteiger charge is 2.32. The van der Waals surface area contributed by atoms with Crippen molar-refractivity contribution in [2.75, 3.05) is 5.73 Å². The van der Waals surface area contributed by atoms with Crippen LogP contribution in [0.4, 0.5) is 5.95 Å². The predicted molar refractivity (Wildman–Crippen MR) is 76.3 cm³/mol. The molecule has 122 valence electrons. The molecule has 3 rings (SSSR count). The van der Waals surface area contributed by atoms with Crippen molar-refractivity contribution in [3.8, 4) is 0 Å². The highest BCUT2D eigenvalue weighted by atomic mass is 31.2. The Balaban J connectivity index is 0.00000176. The molecule has 0 aliphatic carbocycles. The number of hydrogen-bond donors (Lipinski definition) is 4. The molecule has 2 aromatic heterocycles. The Morgan fingerprint density at radius 3 is 2.95 bits per heavy atom. The third-order valence-corrected chi connectivity index (χ3v) is 4.45. The molecular formula is C10H17N6O5P. The van der Waals surface area contributed by atoms with Gasteiger partial charge >= 0.3 is 0 Å². The van der Waals surface area contributed by atoms with Crippen molar-refractivity contribution in [1.82, 2.24) is 25.7 Å². The van der Waals surface area contributed by atoms with E-state index in [2.05, 4.69) is 15.0 Å². The summed E-state index contributed by atoms with van der Waals surface area (Å²) in [5, 5.41) is 0. The van der Waals surface area contributed by atoms with Gasteiger partial charge in [0.2, 0.25) is 5.95 Å². The molecule has 1 aliphatic rings. The van der Waals surface area contributed by atoms with Crippen LogP contribution in [-0.2, 0) is 15.8 Å². The largest absolute Gasteiger partial charge is 0.777 e. The van der Waals surface area contributed by atoms with E-state index in [1.807, 2.05) is 0 Å². The van der Waals surface area contributed by atoms with Crippen LogP contribution in [-0.4, -0.2) is 36.4 Å². The molecule has 1 saturated heterocycles. The minimum Gasteiger partial charge on any atom is -0.777 e. The molecule has 2 aromatic rings. The van der Waals surface area contributed by atoms with Crippen molar-refractivity contribution in [2.45, 2.75) is 31.3 Å². The van der Waals surface area contributed by atoms with E-state index >= 15 is 0 Å². The Bertz CT molecular complexity index is 782. The molecule has 0 aromatic carbocycles. The summed E-state index contributed by atoms with van der Waals surface area (Å²) in [6, 6.07) is 0. The third-order valence-electron chi connectivity index (χ3n) is 3.34. The number of nitrogens with two attached hydrogens (primary N) is 1. The minimum absolute atomic E-state index is 0. The number of aromatic amines is 1. The molecule has 3 atom stereocenters. The predicted octanol–water partition coefficient (Wildman–Crippen LogP) is -0.871. The second-order valence-corrected chi connectivity index (χ2v) is 6.58. The van der Waals surface area contributed by atoms with Crippen LogP contribution in [0, 0.1) is 0 Å². The fraction of sp³-hybridized carbons (Fsp3) is 0.500. The Hall–Kier alpha value is -1.78. The molecule has 1 aliphatic heterocycles. The van der Waals surface area contributed by atoms with Crippen LogP contribution in [0.25, 0.3) is 11.2 Å². The van der Waals surface area contributed by atoms with Crippen LogP contribution in [0.2, 0.25) is 0 Å². The summed E-state index contributed by atoms with van der Waals surface area (Å²) in [6.07, 6.45) is 1.70. The van der Waals surface area contributed by atoms with Gasteiger partial charge in [0.05, 0.1) is 19.0 Å². The van der Waals surface area contributed by atoms with Crippen molar-refractivity contribution in [2.24, 2.45) is 0 Å². The molecule has 8 N–H and O–H groups in total. The standard InChI is InChI=1S/C10H14N5O5P.H3N/c11-10-13-8-7(9(16)14-10)12-4-15(8)3-5-1-2-6(20-5)21(17,18)19;/h4-6H,1-3H2,(H2,17,18,19)(H3,11,13,14,16);1H3. The summed E-state index contributed by atoms with van der Waals surface area (Å²) in [5.41, 5.74) is 5.50. The van der Waals surface area contributed by atoms with Gasteiger partial charge in [0, 0.05) is 0 Å². The average molecular weight is 332 g/mol. The molecule has 3 unspecified atom stereocenters. The molecule has 12 heteroatoms. The van der Waals surface area contributed by atoms with Crippen LogP contribution in [0.15, 0.2) is 11.1 Å². The Labute approximate surface area is 124 Å². The van der Waals surface area contributed by atoms with Gasteiger partial charge in [0.25, 0.3) is 5.56 Å². The summed E-state index contributed by atoms with van der Waals surface area (Å²) < 4.78 is 17.9. The zero-order valence-electron chi connectivity index (χ0n) is 11.8. The number of quaternary nitrogens is 1. The Morgan fingerprint density at radius 1 is 1.59 bits per heavy atom. The van der Waals surface area contributed by atoms with Gasteiger partial charge in [-0.15, -0.1) is 0 Å². The maximum atomic E-state index is 11.6. The van der Waals surface area contributed by atoms with E-state index < -0.39 is 25.1 Å². The van der Waals surface area contributed by atoms with Crippen molar-refractivity contribution in [3.05, 3.63) is 16.7 Å². The first-order chi connectivity index (χ1) is 9.84. The zero-order valence-corrected chi connectivity index (χ0v) is 12.7. The number of hydrogen-bond acceptors (Lipinski definition) is 7. The number of fused-ring (bicyclic) bond motifs is 1. The molecule has 0 amide bonds. The monoisotopic (exact) mass is 332 g/mol. The average Bonchev–Trinajstić information content (AvgIpc) is 2.97. The summed E-state index contributed by atoms with van der Waals surface area (Å²) in [6.45, 7) is 0.267. The maximum absolute atomic E-state index is 11.6. The van der Waals surface area contributed by atoms with Gasteiger partial charge in [-0.05, 0) is 12.8 Å². The highest BCUT2D eigenvalue weighted by Crippen LogP contribution is 2.44. The second kappa shape index (κ2) is 5.78. The smallest absolute Gasteiger partial charge is 0.280 e. The summed E-state index contributed by atoms with van der Waals surface area (Å²) in [4.78, 5) is 42.0. The first-order valence-electron chi connectivity index (χ1n) is 6.24. The van der Waals surface area contributed by atoms with Gasteiger partial charge in [-0.25, -0.2) is 4.98 Å². The first kappa shape index (κ1) is 16.6. The Morgan fingerprint density at radius 2 is 2.32 bits per heavy atom. The Kier molecular flexibility index (Phi) is 4.36. The molecule has 11 nitrogen and oxygen atoms in total. The number of nitrogen functional groups attached to an aromatic ring is 1. The fourth-order valence-electron chi connectivity index (χ4n) is 2.38. The van der Waals surface area contributed by atoms with Gasteiger partial charge in [-0.3, -0.25) is 9.78 Å². The lowest BCUT2D eigenvalue weighted by atomic mass is 10.2.